The van der Waals surface area contributed by atoms with Crippen molar-refractivity contribution in [2.75, 3.05) is 27.3 Å². The summed E-state index contributed by atoms with van der Waals surface area (Å²) < 4.78 is 43.0. The van der Waals surface area contributed by atoms with Crippen LogP contribution in [0, 0.1) is 5.82 Å². The molecule has 0 saturated carbocycles. The lowest BCUT2D eigenvalue weighted by Crippen LogP contribution is -2.45. The van der Waals surface area contributed by atoms with Gasteiger partial charge < -0.3 is 18.9 Å². The van der Waals surface area contributed by atoms with E-state index < -0.39 is 34.8 Å². The Hall–Kier alpha value is -3.96. The number of amides is 1. The van der Waals surface area contributed by atoms with E-state index in [-0.39, 0.29) is 55.2 Å². The van der Waals surface area contributed by atoms with Crippen molar-refractivity contribution in [1.29, 1.82) is 0 Å². The Kier molecular flexibility index (Phi) is 6.22. The van der Waals surface area contributed by atoms with Gasteiger partial charge in [0, 0.05) is 19.5 Å². The molecule has 1 amide bonds. The number of hydrogen-bond acceptors (Lipinski definition) is 9. The molecule has 0 atom stereocenters. The number of halogens is 2. The number of carbonyl (C=O) groups is 3. The minimum absolute atomic E-state index is 0.0629. The lowest BCUT2D eigenvalue weighted by atomic mass is 9.87. The highest BCUT2D eigenvalue weighted by molar-refractivity contribution is 6.41. The fourth-order valence-corrected chi connectivity index (χ4v) is 3.78. The Labute approximate surface area is 191 Å². The number of nitrogens with zero attached hydrogens (tertiary/aromatic N) is 4. The Balaban J connectivity index is 1.55. The zero-order valence-corrected chi connectivity index (χ0v) is 18.3. The third kappa shape index (κ3) is 4.43. The topological polar surface area (TPSA) is 125 Å². The summed E-state index contributed by atoms with van der Waals surface area (Å²) in [6.07, 6.45) is 0.227. The number of hydrogen-bond donors (Lipinski definition) is 0. The molecule has 4 rings (SSSR count). The quantitative estimate of drug-likeness (QED) is 0.301. The molecule has 1 aliphatic heterocycles. The second-order valence-electron chi connectivity index (χ2n) is 7.83. The minimum Gasteiger partial charge on any atom is -0.479 e. The summed E-state index contributed by atoms with van der Waals surface area (Å²) >= 11 is 0. The van der Waals surface area contributed by atoms with Crippen LogP contribution in [0.5, 0.6) is 5.88 Å². The largest absolute Gasteiger partial charge is 0.479 e. The molecular weight excluding hydrogens is 454 g/mol. The van der Waals surface area contributed by atoms with Crippen molar-refractivity contribution >= 4 is 28.9 Å². The van der Waals surface area contributed by atoms with Crippen LogP contribution in [-0.2, 0) is 16.0 Å². The van der Waals surface area contributed by atoms with E-state index >= 15 is 4.39 Å². The number of rotatable bonds is 6. The van der Waals surface area contributed by atoms with Gasteiger partial charge >= 0.3 is 5.97 Å². The summed E-state index contributed by atoms with van der Waals surface area (Å²) in [7, 11) is 2.30. The average molecular weight is 474 g/mol. The van der Waals surface area contributed by atoms with Crippen molar-refractivity contribution in [2.45, 2.75) is 24.9 Å². The zero-order chi connectivity index (χ0) is 24.5. The smallest absolute Gasteiger partial charge is 0.381 e. The fraction of sp³-hybridized carbons (Fsp3) is 0.364. The van der Waals surface area contributed by atoms with Crippen LogP contribution < -0.4 is 4.74 Å². The first-order chi connectivity index (χ1) is 16.2. The molecule has 1 aromatic carbocycles. The highest BCUT2D eigenvalue weighted by Crippen LogP contribution is 2.32. The number of likely N-dealkylation sites (tertiary alicyclic amines) is 1. The molecule has 0 N–H and O–H groups in total. The predicted molar refractivity (Wildman–Crippen MR) is 112 cm³/mol. The number of ether oxygens (including phenoxy) is 2. The Bertz CT molecular complexity index is 1250. The number of esters is 1. The number of fused-ring (bicyclic) bond motifs is 1. The van der Waals surface area contributed by atoms with Gasteiger partial charge in [0.05, 0.1) is 14.2 Å². The van der Waals surface area contributed by atoms with Crippen molar-refractivity contribution in [3.05, 3.63) is 47.0 Å². The summed E-state index contributed by atoms with van der Waals surface area (Å²) in [5.74, 6) is -3.45. The number of benzene rings is 1. The standard InChI is InChI=1S/C22H20F2N4O6/c1-32-18-16(25-15-14(17(29)21(31)33-2)27-34-19(15)26-18)20(30)28-9-7-22(24,8-10-28)11-12-3-5-13(23)6-4-12/h3-6H,7-11H2,1-2H3. The van der Waals surface area contributed by atoms with Gasteiger partial charge in [-0.3, -0.25) is 9.59 Å². The monoisotopic (exact) mass is 474 g/mol. The molecule has 2 aromatic heterocycles. The first-order valence-electron chi connectivity index (χ1n) is 10.3. The Morgan fingerprint density at radius 2 is 1.76 bits per heavy atom. The number of methoxy groups -OCH3 is 2. The van der Waals surface area contributed by atoms with Crippen molar-refractivity contribution in [1.82, 2.24) is 20.0 Å². The molecule has 0 unspecified atom stereocenters. The number of Topliss-reactive ketones (excluding diaryl/α,β-unsaturated/α-hetero) is 1. The van der Waals surface area contributed by atoms with Crippen LogP contribution in [0.15, 0.2) is 28.8 Å². The van der Waals surface area contributed by atoms with Crippen LogP contribution >= 0.6 is 0 Å². The maximum atomic E-state index is 15.4. The number of carbonyl (C=O) groups excluding carboxylic acids is 3. The SMILES string of the molecule is COC(=O)C(=O)c1noc2nc(OC)c(C(=O)N3CCC(F)(Cc4ccc(F)cc4)CC3)nc12. The van der Waals surface area contributed by atoms with Gasteiger partial charge in [0.2, 0.25) is 5.88 Å². The van der Waals surface area contributed by atoms with Crippen LogP contribution in [0.3, 0.4) is 0 Å². The summed E-state index contributed by atoms with van der Waals surface area (Å²) in [6, 6.07) is 5.64. The molecule has 0 spiro atoms. The molecule has 3 heterocycles. The summed E-state index contributed by atoms with van der Waals surface area (Å²) in [6.45, 7) is 0.188. The molecule has 178 valence electrons. The number of aromatic nitrogens is 3. The predicted octanol–water partition coefficient (Wildman–Crippen LogP) is 2.31. The van der Waals surface area contributed by atoms with Gasteiger partial charge in [-0.1, -0.05) is 17.3 Å². The lowest BCUT2D eigenvalue weighted by molar-refractivity contribution is -0.135. The van der Waals surface area contributed by atoms with Crippen molar-refractivity contribution in [3.63, 3.8) is 0 Å². The molecule has 0 bridgehead atoms. The van der Waals surface area contributed by atoms with Crippen LogP contribution in [-0.4, -0.2) is 70.7 Å². The maximum absolute atomic E-state index is 15.4. The van der Waals surface area contributed by atoms with E-state index in [4.69, 9.17) is 9.26 Å². The third-order valence-electron chi connectivity index (χ3n) is 5.64. The van der Waals surface area contributed by atoms with Crippen molar-refractivity contribution in [2.24, 2.45) is 0 Å². The van der Waals surface area contributed by atoms with Crippen LogP contribution in [0.25, 0.3) is 11.2 Å². The Morgan fingerprint density at radius 1 is 1.09 bits per heavy atom. The highest BCUT2D eigenvalue weighted by Gasteiger charge is 2.38. The van der Waals surface area contributed by atoms with E-state index in [1.54, 1.807) is 0 Å². The Morgan fingerprint density at radius 3 is 2.38 bits per heavy atom. The zero-order valence-electron chi connectivity index (χ0n) is 18.3. The number of alkyl halides is 1. The highest BCUT2D eigenvalue weighted by atomic mass is 19.1. The van der Waals surface area contributed by atoms with Gasteiger partial charge in [0.15, 0.2) is 16.9 Å². The third-order valence-corrected chi connectivity index (χ3v) is 5.64. The van der Waals surface area contributed by atoms with E-state index in [2.05, 4.69) is 19.9 Å². The van der Waals surface area contributed by atoms with E-state index in [1.165, 1.54) is 36.3 Å². The van der Waals surface area contributed by atoms with Crippen molar-refractivity contribution < 1.29 is 37.2 Å². The lowest BCUT2D eigenvalue weighted by Gasteiger charge is -2.36. The van der Waals surface area contributed by atoms with E-state index in [9.17, 15) is 18.8 Å². The molecule has 10 nitrogen and oxygen atoms in total. The molecule has 0 aliphatic carbocycles. The summed E-state index contributed by atoms with van der Waals surface area (Å²) in [5, 5.41) is 3.51. The van der Waals surface area contributed by atoms with Crippen molar-refractivity contribution in [3.8, 4) is 5.88 Å². The fourth-order valence-electron chi connectivity index (χ4n) is 3.78. The normalized spacial score (nSPS) is 15.2. The van der Waals surface area contributed by atoms with Gasteiger partial charge in [-0.15, -0.1) is 0 Å². The first-order valence-corrected chi connectivity index (χ1v) is 10.3. The maximum Gasteiger partial charge on any atom is 0.381 e. The minimum atomic E-state index is -1.55. The molecular formula is C22H20F2N4O6. The van der Waals surface area contributed by atoms with Gasteiger partial charge in [0.1, 0.15) is 11.5 Å². The molecule has 12 heteroatoms. The van der Waals surface area contributed by atoms with E-state index in [0.29, 0.717) is 5.56 Å². The second-order valence-corrected chi connectivity index (χ2v) is 7.83. The average Bonchev–Trinajstić information content (AvgIpc) is 3.26. The van der Waals surface area contributed by atoms with Crippen LogP contribution in [0.1, 0.15) is 39.4 Å². The first kappa shape index (κ1) is 23.2. The number of ketones is 1. The molecule has 1 aliphatic rings. The van der Waals surface area contributed by atoms with Gasteiger partial charge in [-0.25, -0.2) is 18.6 Å². The molecule has 1 saturated heterocycles. The van der Waals surface area contributed by atoms with Gasteiger partial charge in [0.25, 0.3) is 17.4 Å². The second kappa shape index (κ2) is 9.12. The van der Waals surface area contributed by atoms with Crippen LogP contribution in [0.4, 0.5) is 8.78 Å². The van der Waals surface area contributed by atoms with E-state index in [1.807, 2.05) is 0 Å². The molecule has 34 heavy (non-hydrogen) atoms. The number of piperidine rings is 1. The molecule has 0 radical (unpaired) electrons. The van der Waals surface area contributed by atoms with Gasteiger partial charge in [-0.2, -0.15) is 4.98 Å². The molecule has 3 aromatic rings. The van der Waals surface area contributed by atoms with Gasteiger partial charge in [-0.05, 0) is 30.5 Å². The van der Waals surface area contributed by atoms with E-state index in [0.717, 1.165) is 7.11 Å². The van der Waals surface area contributed by atoms with Crippen LogP contribution in [0.2, 0.25) is 0 Å². The molecule has 1 fully saturated rings. The summed E-state index contributed by atoms with van der Waals surface area (Å²) in [5.41, 5.74) is -1.98. The summed E-state index contributed by atoms with van der Waals surface area (Å²) in [4.78, 5) is 46.5.